The molecule has 1 heterocycles. The summed E-state index contributed by atoms with van der Waals surface area (Å²) in [7, 11) is 13.8. The highest BCUT2D eigenvalue weighted by molar-refractivity contribution is 8.76. The minimum absolute atomic E-state index is 0.579. The number of rotatable bonds is 27. The number of allylic oxidation sites excluding steroid dienone is 4. The van der Waals surface area contributed by atoms with Gasteiger partial charge in [-0.05, 0) is 78.3 Å². The fraction of sp³-hybridized carbons (Fsp3) is 0.409. The number of aryl methyl sites for hydroxylation is 1. The lowest BCUT2D eigenvalue weighted by Gasteiger charge is -2.12. The topological polar surface area (TPSA) is 71.6 Å². The lowest BCUT2D eigenvalue weighted by atomic mass is 10.1. The maximum atomic E-state index is 5.47. The Kier molecular flexibility index (Phi) is 21.6. The van der Waals surface area contributed by atoms with Crippen molar-refractivity contribution < 1.29 is 33.0 Å². The summed E-state index contributed by atoms with van der Waals surface area (Å²) >= 11 is 0. The van der Waals surface area contributed by atoms with Gasteiger partial charge in [0.25, 0.3) is 0 Å². The number of hydrogen-bond acceptors (Lipinski definition) is 9. The molecule has 0 atom stereocenters. The van der Waals surface area contributed by atoms with Crippen molar-refractivity contribution in [2.24, 2.45) is 4.99 Å². The largest absolute Gasteiger partial charge is 0.493 e. The molecule has 10 heteroatoms. The maximum absolute atomic E-state index is 5.47. The van der Waals surface area contributed by atoms with E-state index in [0.29, 0.717) is 34.5 Å². The Bertz CT molecular complexity index is 1620. The van der Waals surface area contributed by atoms with Crippen molar-refractivity contribution >= 4 is 46.0 Å². The van der Waals surface area contributed by atoms with Gasteiger partial charge < -0.3 is 28.4 Å². The van der Waals surface area contributed by atoms with Gasteiger partial charge in [-0.2, -0.15) is 0 Å². The van der Waals surface area contributed by atoms with Crippen LogP contribution in [0, 0.1) is 0 Å². The van der Waals surface area contributed by atoms with Crippen LogP contribution in [0.4, 0.5) is 0 Å². The van der Waals surface area contributed by atoms with E-state index in [1.54, 1.807) is 42.7 Å². The van der Waals surface area contributed by atoms with Gasteiger partial charge in [-0.25, -0.2) is 4.57 Å². The number of methoxy groups -OCH3 is 6. The van der Waals surface area contributed by atoms with Gasteiger partial charge in [0.2, 0.25) is 11.5 Å². The number of pyridine rings is 1. The molecule has 0 spiro atoms. The van der Waals surface area contributed by atoms with E-state index in [9.17, 15) is 0 Å². The minimum Gasteiger partial charge on any atom is -0.493 e. The Hall–Kier alpha value is -4.28. The molecule has 0 saturated heterocycles. The van der Waals surface area contributed by atoms with Crippen LogP contribution >= 0.6 is 21.6 Å². The predicted molar refractivity (Wildman–Crippen MR) is 230 cm³/mol. The average molecular weight is 776 g/mol. The first-order valence-electron chi connectivity index (χ1n) is 18.5. The highest BCUT2D eigenvalue weighted by Crippen LogP contribution is 2.39. The van der Waals surface area contributed by atoms with E-state index in [-0.39, 0.29) is 0 Å². The minimum atomic E-state index is 0.579. The van der Waals surface area contributed by atoms with Crippen LogP contribution in [0.25, 0.3) is 18.2 Å². The number of aliphatic imine (C=N–C) groups is 1. The molecule has 1 aromatic heterocycles. The lowest BCUT2D eigenvalue weighted by molar-refractivity contribution is -0.697. The molecule has 0 aliphatic heterocycles. The molecule has 0 aliphatic carbocycles. The van der Waals surface area contributed by atoms with Crippen LogP contribution in [0.3, 0.4) is 0 Å². The van der Waals surface area contributed by atoms with Gasteiger partial charge in [0.15, 0.2) is 35.4 Å². The zero-order valence-electron chi connectivity index (χ0n) is 33.0. The Balaban J connectivity index is 1.19. The summed E-state index contributed by atoms with van der Waals surface area (Å²) in [5, 5.41) is 0. The van der Waals surface area contributed by atoms with Crippen LogP contribution in [0.5, 0.6) is 34.5 Å². The monoisotopic (exact) mass is 775 g/mol. The van der Waals surface area contributed by atoms with Crippen molar-refractivity contribution in [3.05, 3.63) is 95.9 Å². The summed E-state index contributed by atoms with van der Waals surface area (Å²) in [6, 6.07) is 12.0. The van der Waals surface area contributed by atoms with E-state index in [0.717, 1.165) is 41.8 Å². The Morgan fingerprint density at radius 2 is 1.09 bits per heavy atom. The quantitative estimate of drug-likeness (QED) is 0.0249. The van der Waals surface area contributed by atoms with E-state index in [2.05, 4.69) is 52.8 Å². The number of hydrogen-bond donors (Lipinski definition) is 0. The third kappa shape index (κ3) is 15.6. The molecule has 2 aromatic carbocycles. The molecule has 8 nitrogen and oxygen atoms in total. The fourth-order valence-electron chi connectivity index (χ4n) is 5.56. The van der Waals surface area contributed by atoms with Crippen LogP contribution in [0.2, 0.25) is 0 Å². The van der Waals surface area contributed by atoms with Crippen LogP contribution in [-0.2, 0) is 6.54 Å². The Morgan fingerprint density at radius 3 is 1.59 bits per heavy atom. The fourth-order valence-corrected chi connectivity index (χ4v) is 7.85. The molecule has 3 rings (SSSR count). The zero-order chi connectivity index (χ0) is 38.8. The van der Waals surface area contributed by atoms with Crippen LogP contribution in [-0.4, -0.2) is 66.9 Å². The predicted octanol–water partition coefficient (Wildman–Crippen LogP) is 10.6. The molecule has 0 amide bonds. The number of aromatic nitrogens is 1. The van der Waals surface area contributed by atoms with Gasteiger partial charge >= 0.3 is 0 Å². The summed E-state index contributed by atoms with van der Waals surface area (Å²) in [4.78, 5) is 4.57. The van der Waals surface area contributed by atoms with Crippen molar-refractivity contribution in [3.63, 3.8) is 0 Å². The number of nitrogens with zero attached hydrogens (tertiary/aromatic N) is 2. The highest BCUT2D eigenvalue weighted by atomic mass is 33.1. The second-order valence-electron chi connectivity index (χ2n) is 12.4. The molecule has 3 aromatic rings. The van der Waals surface area contributed by atoms with Crippen molar-refractivity contribution in [3.8, 4) is 34.5 Å². The van der Waals surface area contributed by atoms with Crippen LogP contribution < -0.4 is 33.0 Å². The van der Waals surface area contributed by atoms with E-state index >= 15 is 0 Å². The van der Waals surface area contributed by atoms with Crippen molar-refractivity contribution in [1.82, 2.24) is 0 Å². The second-order valence-corrected chi connectivity index (χ2v) is 15.1. The van der Waals surface area contributed by atoms with Gasteiger partial charge in [-0.3, -0.25) is 4.99 Å². The molecule has 0 N–H and O–H groups in total. The standard InChI is InChI=1S/C44H59N2O6S2/c1-8-35(17-19-37-31-39(47-2)43(51-6)40(32-37)48-3)21-25-45-24-13-9-11-15-29-53-54-30-16-12-10-14-26-46-27-22-36(23-28-46)18-20-38-33-41(49-4)44(52-7)42(34-38)50-5/h8,17-23,25,27-28,31-34H,1,9-16,24,26,29-30H2,2-7H3/q+1/b19-17+,20-18+,35-21+,45-25?. The van der Waals surface area contributed by atoms with E-state index in [1.807, 2.05) is 76.4 Å². The Labute approximate surface area is 331 Å². The van der Waals surface area contributed by atoms with E-state index in [1.165, 1.54) is 56.5 Å². The molecule has 292 valence electrons. The molecular formula is C44H59N2O6S2+. The van der Waals surface area contributed by atoms with Gasteiger partial charge in [0, 0.05) is 42.8 Å². The average Bonchev–Trinajstić information content (AvgIpc) is 3.21. The first-order chi connectivity index (χ1) is 26.5. The molecule has 0 radical (unpaired) electrons. The van der Waals surface area contributed by atoms with Crippen molar-refractivity contribution in [2.75, 3.05) is 60.7 Å². The third-order valence-electron chi connectivity index (χ3n) is 8.58. The van der Waals surface area contributed by atoms with Gasteiger partial charge in [0.1, 0.15) is 6.54 Å². The van der Waals surface area contributed by atoms with Gasteiger partial charge in [-0.15, -0.1) is 0 Å². The van der Waals surface area contributed by atoms with Crippen molar-refractivity contribution in [2.45, 2.75) is 57.9 Å². The number of unbranched alkanes of at least 4 members (excludes halogenated alkanes) is 6. The molecule has 0 aliphatic rings. The maximum Gasteiger partial charge on any atom is 0.203 e. The number of benzene rings is 2. The first kappa shape index (κ1) is 44.1. The number of ether oxygens (including phenoxy) is 6. The van der Waals surface area contributed by atoms with Crippen LogP contribution in [0.15, 0.2) is 84.2 Å². The molecule has 0 saturated carbocycles. The second kappa shape index (κ2) is 26.5. The first-order valence-corrected chi connectivity index (χ1v) is 21.0. The molecule has 0 fully saturated rings. The van der Waals surface area contributed by atoms with E-state index in [4.69, 9.17) is 28.4 Å². The smallest absolute Gasteiger partial charge is 0.203 e. The normalized spacial score (nSPS) is 11.8. The van der Waals surface area contributed by atoms with E-state index < -0.39 is 0 Å². The van der Waals surface area contributed by atoms with Gasteiger partial charge in [-0.1, -0.05) is 77.8 Å². The lowest BCUT2D eigenvalue weighted by Crippen LogP contribution is -2.32. The zero-order valence-corrected chi connectivity index (χ0v) is 34.6. The van der Waals surface area contributed by atoms with Crippen LogP contribution in [0.1, 0.15) is 68.1 Å². The Morgan fingerprint density at radius 1 is 0.611 bits per heavy atom. The molecular weight excluding hydrogens is 717 g/mol. The van der Waals surface area contributed by atoms with Crippen molar-refractivity contribution in [1.29, 1.82) is 0 Å². The third-order valence-corrected chi connectivity index (χ3v) is 11.2. The molecule has 0 unspecified atom stereocenters. The molecule has 54 heavy (non-hydrogen) atoms. The summed E-state index contributed by atoms with van der Waals surface area (Å²) in [6.07, 6.45) is 28.0. The highest BCUT2D eigenvalue weighted by Gasteiger charge is 2.13. The SMILES string of the molecule is C=CC(/C=C/c1cc(OC)c(OC)c(OC)c1)=C\C=NCCCCCCSSCCCCCC[n+]1ccc(/C=C/c2cc(OC)c(OC)c(OC)c2)cc1. The summed E-state index contributed by atoms with van der Waals surface area (Å²) < 4.78 is 34.9. The van der Waals surface area contributed by atoms with Gasteiger partial charge in [0.05, 0.1) is 42.7 Å². The summed E-state index contributed by atoms with van der Waals surface area (Å²) in [6.45, 7) is 5.82. The molecule has 0 bridgehead atoms. The summed E-state index contributed by atoms with van der Waals surface area (Å²) in [5.74, 6) is 6.18. The summed E-state index contributed by atoms with van der Waals surface area (Å²) in [5.41, 5.74) is 4.05.